The number of rotatable bonds is 3. The van der Waals surface area contributed by atoms with Gasteiger partial charge in [0.1, 0.15) is 6.04 Å². The van der Waals surface area contributed by atoms with Gasteiger partial charge >= 0.3 is 0 Å². The van der Waals surface area contributed by atoms with Crippen LogP contribution in [0.5, 0.6) is 0 Å². The Bertz CT molecular complexity index is 408. The molecule has 6 nitrogen and oxygen atoms in total. The highest BCUT2D eigenvalue weighted by Gasteiger charge is 2.35. The van der Waals surface area contributed by atoms with Crippen molar-refractivity contribution in [3.05, 3.63) is 0 Å². The molecule has 0 radical (unpaired) electrons. The highest BCUT2D eigenvalue weighted by atomic mass is 16.5. The minimum atomic E-state index is -0.608. The topological polar surface area (TPSA) is 73.6 Å². The molecule has 2 aliphatic heterocycles. The Morgan fingerprint density at radius 3 is 2.50 bits per heavy atom. The summed E-state index contributed by atoms with van der Waals surface area (Å²) in [6.45, 7) is 2.73. The molecule has 2 heterocycles. The van der Waals surface area contributed by atoms with Gasteiger partial charge < -0.3 is 14.5 Å². The van der Waals surface area contributed by atoms with Crippen molar-refractivity contribution in [2.45, 2.75) is 25.3 Å². The summed E-state index contributed by atoms with van der Waals surface area (Å²) in [4.78, 5) is 27.3. The lowest BCUT2D eigenvalue weighted by molar-refractivity contribution is -0.146. The van der Waals surface area contributed by atoms with Gasteiger partial charge in [-0.25, -0.2) is 0 Å². The van der Waals surface area contributed by atoms with Crippen LogP contribution in [-0.4, -0.2) is 60.5 Å². The van der Waals surface area contributed by atoms with Crippen LogP contribution in [0.25, 0.3) is 0 Å². The molecule has 2 fully saturated rings. The second-order valence-corrected chi connectivity index (χ2v) is 4.51. The number of carbonyl (C=O) groups excluding carboxylic acids is 2. The van der Waals surface area contributed by atoms with Gasteiger partial charge in [-0.1, -0.05) is 0 Å². The molecule has 2 rings (SSSR count). The normalized spacial score (nSPS) is 19.8. The summed E-state index contributed by atoms with van der Waals surface area (Å²) >= 11 is 0. The zero-order chi connectivity index (χ0) is 15.0. The Labute approximate surface area is 119 Å². The Hall–Kier alpha value is -2.05. The maximum Gasteiger partial charge on any atom is 0.246 e. The standard InChI is InChI=1S/C12H17N3O3.C2H2/c13-4-3-10(15-5-1-2-11(15)16)12(17)14-6-8-18-9-7-14;1-2/h10H,1-3,5-9H2;1-2H/t10-;/m0./s1. The largest absolute Gasteiger partial charge is 0.378 e. The van der Waals surface area contributed by atoms with E-state index < -0.39 is 6.04 Å². The van der Waals surface area contributed by atoms with Crippen LogP contribution >= 0.6 is 0 Å². The number of carbonyl (C=O) groups is 2. The van der Waals surface area contributed by atoms with Gasteiger partial charge in [-0.2, -0.15) is 5.26 Å². The van der Waals surface area contributed by atoms with Gasteiger partial charge in [0.25, 0.3) is 0 Å². The van der Waals surface area contributed by atoms with Gasteiger partial charge in [0.2, 0.25) is 11.8 Å². The fourth-order valence-corrected chi connectivity index (χ4v) is 2.41. The van der Waals surface area contributed by atoms with Gasteiger partial charge in [-0.15, -0.1) is 12.8 Å². The van der Waals surface area contributed by atoms with Crippen molar-refractivity contribution in [1.82, 2.24) is 9.80 Å². The molecule has 108 valence electrons. The summed E-state index contributed by atoms with van der Waals surface area (Å²) < 4.78 is 5.20. The molecule has 2 saturated heterocycles. The zero-order valence-electron chi connectivity index (χ0n) is 11.5. The molecule has 20 heavy (non-hydrogen) atoms. The second-order valence-electron chi connectivity index (χ2n) is 4.51. The first kappa shape index (κ1) is 16.0. The van der Waals surface area contributed by atoms with Crippen molar-refractivity contribution in [3.8, 4) is 18.9 Å². The SMILES string of the molecule is C#C.N#CC[C@@H](C(=O)N1CCOCC1)N1CCCC1=O. The Morgan fingerprint density at radius 2 is 2.00 bits per heavy atom. The average Bonchev–Trinajstić information content (AvgIpc) is 2.93. The van der Waals surface area contributed by atoms with Crippen LogP contribution in [0.1, 0.15) is 19.3 Å². The van der Waals surface area contributed by atoms with Crippen molar-refractivity contribution >= 4 is 11.8 Å². The molecular formula is C14H19N3O3. The van der Waals surface area contributed by atoms with Gasteiger partial charge in [0.05, 0.1) is 25.7 Å². The van der Waals surface area contributed by atoms with Crippen LogP contribution in [-0.2, 0) is 14.3 Å². The number of terminal acetylenes is 1. The predicted octanol–water partition coefficient (Wildman–Crippen LogP) is -0.000720. The average molecular weight is 277 g/mol. The van der Waals surface area contributed by atoms with Crippen molar-refractivity contribution < 1.29 is 14.3 Å². The Balaban J connectivity index is 0.000000956. The summed E-state index contributed by atoms with van der Waals surface area (Å²) in [6, 6.07) is 1.40. The summed E-state index contributed by atoms with van der Waals surface area (Å²) in [7, 11) is 0. The maximum atomic E-state index is 12.3. The van der Waals surface area contributed by atoms with E-state index in [9.17, 15) is 9.59 Å². The highest BCUT2D eigenvalue weighted by Crippen LogP contribution is 2.18. The lowest BCUT2D eigenvalue weighted by Crippen LogP contribution is -2.52. The number of likely N-dealkylation sites (tertiary alicyclic amines) is 1. The molecule has 0 aromatic heterocycles. The van der Waals surface area contributed by atoms with Crippen molar-refractivity contribution in [2.75, 3.05) is 32.8 Å². The third kappa shape index (κ3) is 3.72. The van der Waals surface area contributed by atoms with Crippen LogP contribution in [0.2, 0.25) is 0 Å². The highest BCUT2D eigenvalue weighted by molar-refractivity contribution is 5.88. The third-order valence-corrected chi connectivity index (χ3v) is 3.38. The smallest absolute Gasteiger partial charge is 0.246 e. The number of amides is 2. The molecule has 1 atom stereocenters. The van der Waals surface area contributed by atoms with E-state index in [1.165, 1.54) is 0 Å². The van der Waals surface area contributed by atoms with E-state index in [2.05, 4.69) is 12.8 Å². The van der Waals surface area contributed by atoms with Crippen LogP contribution in [0.15, 0.2) is 0 Å². The first-order valence-electron chi connectivity index (χ1n) is 6.60. The van der Waals surface area contributed by atoms with Crippen LogP contribution < -0.4 is 0 Å². The van der Waals surface area contributed by atoms with Gasteiger partial charge in [0.15, 0.2) is 0 Å². The summed E-state index contributed by atoms with van der Waals surface area (Å²) in [5.74, 6) is -0.132. The van der Waals surface area contributed by atoms with E-state index in [1.807, 2.05) is 6.07 Å². The number of ether oxygens (including phenoxy) is 1. The molecule has 0 aromatic rings. The van der Waals surface area contributed by atoms with E-state index in [1.54, 1.807) is 9.80 Å². The number of nitriles is 1. The van der Waals surface area contributed by atoms with Crippen molar-refractivity contribution in [1.29, 1.82) is 5.26 Å². The fraction of sp³-hybridized carbons (Fsp3) is 0.643. The minimum absolute atomic E-state index is 0.0168. The third-order valence-electron chi connectivity index (χ3n) is 3.38. The van der Waals surface area contributed by atoms with Gasteiger partial charge in [-0.3, -0.25) is 9.59 Å². The quantitative estimate of drug-likeness (QED) is 0.681. The first-order chi connectivity index (χ1) is 9.74. The molecule has 0 unspecified atom stereocenters. The van der Waals surface area contributed by atoms with E-state index in [0.29, 0.717) is 39.3 Å². The summed E-state index contributed by atoms with van der Waals surface area (Å²) in [6.07, 6.45) is 9.33. The monoisotopic (exact) mass is 277 g/mol. The van der Waals surface area contributed by atoms with Crippen LogP contribution in [0, 0.1) is 24.2 Å². The Kier molecular flexibility index (Phi) is 6.55. The molecule has 2 aliphatic rings. The molecule has 0 bridgehead atoms. The second kappa shape index (κ2) is 8.19. The van der Waals surface area contributed by atoms with E-state index >= 15 is 0 Å². The van der Waals surface area contributed by atoms with Gasteiger partial charge in [-0.05, 0) is 6.42 Å². The lowest BCUT2D eigenvalue weighted by atomic mass is 10.1. The number of hydrogen-bond acceptors (Lipinski definition) is 4. The van der Waals surface area contributed by atoms with E-state index in [4.69, 9.17) is 10.00 Å². The summed E-state index contributed by atoms with van der Waals surface area (Å²) in [5, 5.41) is 8.85. The van der Waals surface area contributed by atoms with Gasteiger partial charge in [0, 0.05) is 26.1 Å². The molecule has 6 heteroatoms. The van der Waals surface area contributed by atoms with Crippen LogP contribution in [0.4, 0.5) is 0 Å². The summed E-state index contributed by atoms with van der Waals surface area (Å²) in [5.41, 5.74) is 0. The first-order valence-corrected chi connectivity index (χ1v) is 6.60. The van der Waals surface area contributed by atoms with Crippen molar-refractivity contribution in [2.24, 2.45) is 0 Å². The zero-order valence-corrected chi connectivity index (χ0v) is 11.5. The number of morpholine rings is 1. The number of hydrogen-bond donors (Lipinski definition) is 0. The molecule has 0 N–H and O–H groups in total. The maximum absolute atomic E-state index is 12.3. The molecule has 2 amide bonds. The number of nitrogens with zero attached hydrogens (tertiary/aromatic N) is 3. The van der Waals surface area contributed by atoms with E-state index in [-0.39, 0.29) is 18.2 Å². The predicted molar refractivity (Wildman–Crippen MR) is 72.3 cm³/mol. The van der Waals surface area contributed by atoms with E-state index in [0.717, 1.165) is 6.42 Å². The minimum Gasteiger partial charge on any atom is -0.378 e. The molecule has 0 spiro atoms. The van der Waals surface area contributed by atoms with Crippen LogP contribution in [0.3, 0.4) is 0 Å². The molecule has 0 aromatic carbocycles. The molecule has 0 aliphatic carbocycles. The molecular weight excluding hydrogens is 258 g/mol. The Morgan fingerprint density at radius 1 is 1.35 bits per heavy atom. The fourth-order valence-electron chi connectivity index (χ4n) is 2.41. The molecule has 0 saturated carbocycles. The lowest BCUT2D eigenvalue weighted by Gasteiger charge is -2.33. The van der Waals surface area contributed by atoms with Crippen molar-refractivity contribution in [3.63, 3.8) is 0 Å².